The topological polar surface area (TPSA) is 125 Å². The normalized spacial score (nSPS) is 13.3. The molecule has 0 unspecified atom stereocenters. The lowest BCUT2D eigenvalue weighted by atomic mass is 10.1. The Balaban J connectivity index is 1.28. The van der Waals surface area contributed by atoms with Crippen LogP contribution in [0.4, 0.5) is 10.1 Å². The average Bonchev–Trinajstić information content (AvgIpc) is 3.55. The molecular formula is C27H19FN8O. The number of aromatic amines is 2. The van der Waals surface area contributed by atoms with Gasteiger partial charge in [-0.05, 0) is 48.7 Å². The Morgan fingerprint density at radius 3 is 2.68 bits per heavy atom. The summed E-state index contributed by atoms with van der Waals surface area (Å²) < 4.78 is 13.9. The SMILES string of the molecule is O=C(Nc1cncc(-c2ccc3[nH]nc(-c4nc5c(-c6cccc(F)c6)cncc5[nH]4)c3n2)c1)C1CC1. The molecule has 0 radical (unpaired) electrons. The van der Waals surface area contributed by atoms with Gasteiger partial charge < -0.3 is 10.3 Å². The third-order valence-corrected chi connectivity index (χ3v) is 6.41. The van der Waals surface area contributed by atoms with Crippen molar-refractivity contribution in [2.45, 2.75) is 12.8 Å². The number of carbonyl (C=O) groups excluding carboxylic acids is 1. The number of imidazole rings is 1. The number of hydrogen-bond acceptors (Lipinski definition) is 6. The number of anilines is 1. The van der Waals surface area contributed by atoms with Crippen molar-refractivity contribution in [2.75, 3.05) is 5.32 Å². The van der Waals surface area contributed by atoms with Gasteiger partial charge in [0.15, 0.2) is 11.5 Å². The van der Waals surface area contributed by atoms with E-state index in [2.05, 4.69) is 30.5 Å². The first-order valence-electron chi connectivity index (χ1n) is 11.8. The average molecular weight is 491 g/mol. The Hall–Kier alpha value is -4.99. The van der Waals surface area contributed by atoms with Gasteiger partial charge in [0.2, 0.25) is 5.91 Å². The van der Waals surface area contributed by atoms with Gasteiger partial charge in [0.1, 0.15) is 11.3 Å². The van der Waals surface area contributed by atoms with E-state index in [4.69, 9.17) is 9.97 Å². The van der Waals surface area contributed by atoms with Crippen LogP contribution in [0.5, 0.6) is 0 Å². The summed E-state index contributed by atoms with van der Waals surface area (Å²) in [5.41, 5.74) is 6.77. The number of nitrogens with zero attached hydrogens (tertiary/aromatic N) is 5. The first-order valence-corrected chi connectivity index (χ1v) is 11.8. The molecule has 10 heteroatoms. The molecule has 7 rings (SSSR count). The molecule has 5 heterocycles. The number of benzene rings is 1. The van der Waals surface area contributed by atoms with Crippen molar-refractivity contribution in [3.63, 3.8) is 0 Å². The number of pyridine rings is 3. The minimum atomic E-state index is -0.328. The lowest BCUT2D eigenvalue weighted by molar-refractivity contribution is -0.117. The number of H-pyrrole nitrogens is 2. The highest BCUT2D eigenvalue weighted by molar-refractivity contribution is 5.96. The molecule has 1 saturated carbocycles. The van der Waals surface area contributed by atoms with Gasteiger partial charge in [-0.25, -0.2) is 14.4 Å². The lowest BCUT2D eigenvalue weighted by Crippen LogP contribution is -2.13. The zero-order chi connectivity index (χ0) is 24.9. The Morgan fingerprint density at radius 1 is 0.919 bits per heavy atom. The van der Waals surface area contributed by atoms with Crippen molar-refractivity contribution in [3.05, 3.63) is 73.1 Å². The second-order valence-electron chi connectivity index (χ2n) is 9.07. The summed E-state index contributed by atoms with van der Waals surface area (Å²) >= 11 is 0. The Labute approximate surface area is 209 Å². The highest BCUT2D eigenvalue weighted by Crippen LogP contribution is 2.33. The van der Waals surface area contributed by atoms with E-state index in [1.807, 2.05) is 24.3 Å². The van der Waals surface area contributed by atoms with Gasteiger partial charge in [0.25, 0.3) is 0 Å². The number of carbonyl (C=O) groups is 1. The van der Waals surface area contributed by atoms with Crippen LogP contribution in [0.1, 0.15) is 12.8 Å². The van der Waals surface area contributed by atoms with Crippen LogP contribution in [0.25, 0.3) is 56.0 Å². The minimum Gasteiger partial charge on any atom is -0.335 e. The number of aromatic nitrogens is 7. The van der Waals surface area contributed by atoms with Crippen molar-refractivity contribution in [1.29, 1.82) is 0 Å². The van der Waals surface area contributed by atoms with E-state index >= 15 is 0 Å². The predicted octanol–water partition coefficient (Wildman–Crippen LogP) is 5.11. The number of halogens is 1. The molecule has 0 saturated heterocycles. The molecule has 1 aliphatic carbocycles. The summed E-state index contributed by atoms with van der Waals surface area (Å²) in [6.45, 7) is 0. The molecule has 0 bridgehead atoms. The van der Waals surface area contributed by atoms with E-state index in [-0.39, 0.29) is 17.6 Å². The second-order valence-corrected chi connectivity index (χ2v) is 9.07. The van der Waals surface area contributed by atoms with Gasteiger partial charge in [-0.1, -0.05) is 12.1 Å². The van der Waals surface area contributed by atoms with Crippen LogP contribution in [-0.4, -0.2) is 41.0 Å². The van der Waals surface area contributed by atoms with Crippen molar-refractivity contribution in [3.8, 4) is 33.9 Å². The van der Waals surface area contributed by atoms with Crippen LogP contribution in [0, 0.1) is 11.7 Å². The molecule has 9 nitrogen and oxygen atoms in total. The van der Waals surface area contributed by atoms with Gasteiger partial charge >= 0.3 is 0 Å². The molecule has 1 amide bonds. The smallest absolute Gasteiger partial charge is 0.227 e. The van der Waals surface area contributed by atoms with Crippen LogP contribution >= 0.6 is 0 Å². The zero-order valence-electron chi connectivity index (χ0n) is 19.4. The Bertz CT molecular complexity index is 1820. The Kier molecular flexibility index (Phi) is 4.78. The molecule has 0 atom stereocenters. The first-order chi connectivity index (χ1) is 18.1. The van der Waals surface area contributed by atoms with Gasteiger partial charge in [0, 0.05) is 29.4 Å². The summed E-state index contributed by atoms with van der Waals surface area (Å²) in [6, 6.07) is 12.0. The van der Waals surface area contributed by atoms with Crippen LogP contribution in [0.15, 0.2) is 67.3 Å². The van der Waals surface area contributed by atoms with E-state index in [0.717, 1.165) is 23.9 Å². The molecule has 37 heavy (non-hydrogen) atoms. The van der Waals surface area contributed by atoms with Gasteiger partial charge in [-0.15, -0.1) is 0 Å². The van der Waals surface area contributed by atoms with Crippen molar-refractivity contribution < 1.29 is 9.18 Å². The minimum absolute atomic E-state index is 0.0245. The summed E-state index contributed by atoms with van der Waals surface area (Å²) in [5.74, 6) is 0.314. The monoisotopic (exact) mass is 490 g/mol. The van der Waals surface area contributed by atoms with Crippen molar-refractivity contribution in [2.24, 2.45) is 5.92 Å². The van der Waals surface area contributed by atoms with Crippen molar-refractivity contribution >= 4 is 33.7 Å². The van der Waals surface area contributed by atoms with Crippen molar-refractivity contribution in [1.82, 2.24) is 35.1 Å². The van der Waals surface area contributed by atoms with E-state index in [1.54, 1.807) is 30.9 Å². The van der Waals surface area contributed by atoms with E-state index in [1.165, 1.54) is 12.1 Å². The van der Waals surface area contributed by atoms with Crippen LogP contribution < -0.4 is 5.32 Å². The van der Waals surface area contributed by atoms with Crippen LogP contribution in [0.3, 0.4) is 0 Å². The molecule has 0 spiro atoms. The molecule has 180 valence electrons. The standard InChI is InChI=1S/C27H19FN8O/c28-17-3-1-2-15(8-17)19-12-30-13-22-23(19)34-26(33-22)25-24-21(35-36-25)7-6-20(32-24)16-9-18(11-29-10-16)31-27(37)14-4-5-14/h1-3,6-14H,4-5H2,(H,31,37)(H,33,34)(H,35,36). The van der Waals surface area contributed by atoms with E-state index in [0.29, 0.717) is 50.6 Å². The number of hydrogen-bond donors (Lipinski definition) is 3. The van der Waals surface area contributed by atoms with Crippen LogP contribution in [0.2, 0.25) is 0 Å². The highest BCUT2D eigenvalue weighted by atomic mass is 19.1. The fourth-order valence-electron chi connectivity index (χ4n) is 4.38. The third kappa shape index (κ3) is 3.88. The van der Waals surface area contributed by atoms with Crippen LogP contribution in [-0.2, 0) is 4.79 Å². The Morgan fingerprint density at radius 2 is 1.81 bits per heavy atom. The largest absolute Gasteiger partial charge is 0.335 e. The lowest BCUT2D eigenvalue weighted by Gasteiger charge is -2.06. The van der Waals surface area contributed by atoms with Gasteiger partial charge in [0.05, 0.1) is 40.3 Å². The third-order valence-electron chi connectivity index (χ3n) is 6.41. The molecule has 1 aliphatic rings. The molecule has 1 aromatic carbocycles. The summed E-state index contributed by atoms with van der Waals surface area (Å²) in [7, 11) is 0. The fraction of sp³-hybridized carbons (Fsp3) is 0.111. The quantitative estimate of drug-likeness (QED) is 0.308. The maximum absolute atomic E-state index is 13.9. The first kappa shape index (κ1) is 21.3. The zero-order valence-corrected chi connectivity index (χ0v) is 19.4. The molecule has 5 aromatic heterocycles. The van der Waals surface area contributed by atoms with E-state index < -0.39 is 0 Å². The van der Waals surface area contributed by atoms with Gasteiger partial charge in [-0.2, -0.15) is 5.10 Å². The second kappa shape index (κ2) is 8.30. The highest BCUT2D eigenvalue weighted by Gasteiger charge is 2.29. The fourth-order valence-corrected chi connectivity index (χ4v) is 4.38. The number of amides is 1. The maximum Gasteiger partial charge on any atom is 0.227 e. The molecular weight excluding hydrogens is 471 g/mol. The molecule has 3 N–H and O–H groups in total. The molecule has 6 aromatic rings. The predicted molar refractivity (Wildman–Crippen MR) is 137 cm³/mol. The molecule has 1 fully saturated rings. The number of nitrogens with one attached hydrogen (secondary N) is 3. The summed E-state index contributed by atoms with van der Waals surface area (Å²) in [6.07, 6.45) is 8.55. The number of rotatable bonds is 5. The summed E-state index contributed by atoms with van der Waals surface area (Å²) in [4.78, 5) is 33.6. The van der Waals surface area contributed by atoms with E-state index in [9.17, 15) is 9.18 Å². The summed E-state index contributed by atoms with van der Waals surface area (Å²) in [5, 5.41) is 10.4. The van der Waals surface area contributed by atoms with Gasteiger partial charge in [-0.3, -0.25) is 19.9 Å². The maximum atomic E-state index is 13.9. The number of fused-ring (bicyclic) bond motifs is 2. The molecule has 0 aliphatic heterocycles.